The summed E-state index contributed by atoms with van der Waals surface area (Å²) in [5.74, 6) is 1.42. The van der Waals surface area contributed by atoms with Gasteiger partial charge in [0, 0.05) is 6.54 Å². The molecule has 2 aromatic rings. The molecule has 3 rings (SSSR count). The summed E-state index contributed by atoms with van der Waals surface area (Å²) >= 11 is 0. The molecule has 26 heavy (non-hydrogen) atoms. The molecule has 0 bridgehead atoms. The van der Waals surface area contributed by atoms with Crippen molar-refractivity contribution in [1.29, 1.82) is 5.26 Å². The van der Waals surface area contributed by atoms with E-state index in [9.17, 15) is 5.11 Å². The van der Waals surface area contributed by atoms with Crippen LogP contribution in [0.4, 0.5) is 0 Å². The lowest BCUT2D eigenvalue weighted by molar-refractivity contribution is 0.0550. The Kier molecular flexibility index (Phi) is 6.65. The van der Waals surface area contributed by atoms with Crippen LogP contribution in [0.3, 0.4) is 0 Å². The average Bonchev–Trinajstić information content (AvgIpc) is 2.69. The molecule has 1 atom stereocenters. The van der Waals surface area contributed by atoms with E-state index in [0.717, 1.165) is 25.4 Å². The second kappa shape index (κ2) is 9.38. The Balaban J connectivity index is 1.36. The first-order valence-electron chi connectivity index (χ1n) is 9.30. The van der Waals surface area contributed by atoms with Crippen molar-refractivity contribution < 1.29 is 9.84 Å². The number of aliphatic hydroxyl groups is 1. The molecular formula is C22H26N2O2. The number of ether oxygens (including phenoxy) is 1. The zero-order chi connectivity index (χ0) is 18.2. The van der Waals surface area contributed by atoms with Gasteiger partial charge in [-0.25, -0.2) is 0 Å². The van der Waals surface area contributed by atoms with Crippen molar-refractivity contribution in [2.75, 3.05) is 26.2 Å². The van der Waals surface area contributed by atoms with Crippen molar-refractivity contribution in [3.05, 3.63) is 65.7 Å². The van der Waals surface area contributed by atoms with E-state index in [1.165, 1.54) is 18.4 Å². The minimum Gasteiger partial charge on any atom is -0.491 e. The number of nitrogens with zero attached hydrogens (tertiary/aromatic N) is 2. The van der Waals surface area contributed by atoms with E-state index in [4.69, 9.17) is 10.00 Å². The van der Waals surface area contributed by atoms with E-state index >= 15 is 0 Å². The zero-order valence-corrected chi connectivity index (χ0v) is 15.1. The van der Waals surface area contributed by atoms with Crippen LogP contribution < -0.4 is 4.74 Å². The van der Waals surface area contributed by atoms with E-state index in [1.807, 2.05) is 0 Å². The highest BCUT2D eigenvalue weighted by Crippen LogP contribution is 2.22. The molecule has 1 unspecified atom stereocenters. The number of benzene rings is 2. The van der Waals surface area contributed by atoms with Crippen molar-refractivity contribution in [2.24, 2.45) is 5.92 Å². The molecule has 1 heterocycles. The van der Waals surface area contributed by atoms with Crippen LogP contribution in [0.2, 0.25) is 0 Å². The van der Waals surface area contributed by atoms with Crippen LogP contribution in [0, 0.1) is 17.2 Å². The minimum atomic E-state index is -0.503. The van der Waals surface area contributed by atoms with Gasteiger partial charge in [-0.05, 0) is 68.1 Å². The minimum absolute atomic E-state index is 0.274. The van der Waals surface area contributed by atoms with Crippen LogP contribution in [0.25, 0.3) is 0 Å². The number of nitriles is 1. The molecule has 1 N–H and O–H groups in total. The van der Waals surface area contributed by atoms with Gasteiger partial charge >= 0.3 is 0 Å². The highest BCUT2D eigenvalue weighted by Gasteiger charge is 2.21. The number of aliphatic hydroxyl groups excluding tert-OH is 1. The summed E-state index contributed by atoms with van der Waals surface area (Å²) in [5, 5.41) is 19.0. The quantitative estimate of drug-likeness (QED) is 0.833. The van der Waals surface area contributed by atoms with E-state index in [2.05, 4.69) is 41.3 Å². The molecule has 2 aromatic carbocycles. The summed E-state index contributed by atoms with van der Waals surface area (Å²) in [4.78, 5) is 2.33. The SMILES string of the molecule is N#Cc1ccc(OCC(O)CN2CCC(Cc3ccccc3)CC2)cc1. The van der Waals surface area contributed by atoms with Crippen molar-refractivity contribution in [1.82, 2.24) is 4.90 Å². The van der Waals surface area contributed by atoms with Crippen molar-refractivity contribution in [3.63, 3.8) is 0 Å². The van der Waals surface area contributed by atoms with Gasteiger partial charge in [0.25, 0.3) is 0 Å². The maximum atomic E-state index is 10.2. The van der Waals surface area contributed by atoms with Gasteiger partial charge in [-0.3, -0.25) is 0 Å². The summed E-state index contributed by atoms with van der Waals surface area (Å²) in [6, 6.07) is 19.7. The summed E-state index contributed by atoms with van der Waals surface area (Å²) in [6.45, 7) is 2.99. The lowest BCUT2D eigenvalue weighted by Crippen LogP contribution is -2.41. The molecule has 1 aliphatic heterocycles. The fourth-order valence-corrected chi connectivity index (χ4v) is 3.49. The van der Waals surface area contributed by atoms with Crippen LogP contribution in [-0.2, 0) is 6.42 Å². The first kappa shape index (κ1) is 18.4. The molecule has 0 radical (unpaired) electrons. The Bertz CT molecular complexity index is 701. The molecule has 4 nitrogen and oxygen atoms in total. The number of rotatable bonds is 7. The van der Waals surface area contributed by atoms with Gasteiger partial charge in [0.1, 0.15) is 18.5 Å². The standard InChI is InChI=1S/C22H26N2O2/c23-15-20-6-8-22(9-7-20)26-17-21(25)16-24-12-10-19(11-13-24)14-18-4-2-1-3-5-18/h1-9,19,21,25H,10-14,16-17H2. The highest BCUT2D eigenvalue weighted by atomic mass is 16.5. The predicted molar refractivity (Wildman–Crippen MR) is 102 cm³/mol. The Morgan fingerprint density at radius 2 is 1.77 bits per heavy atom. The maximum absolute atomic E-state index is 10.2. The molecule has 0 amide bonds. The number of hydrogen-bond donors (Lipinski definition) is 1. The third kappa shape index (κ3) is 5.59. The molecule has 1 aliphatic rings. The molecule has 1 fully saturated rings. The van der Waals surface area contributed by atoms with E-state index in [1.54, 1.807) is 24.3 Å². The smallest absolute Gasteiger partial charge is 0.119 e. The maximum Gasteiger partial charge on any atom is 0.119 e. The molecular weight excluding hydrogens is 324 g/mol. The summed E-state index contributed by atoms with van der Waals surface area (Å²) in [6.07, 6.45) is 3.01. The van der Waals surface area contributed by atoms with Crippen LogP contribution in [-0.4, -0.2) is 42.4 Å². The average molecular weight is 350 g/mol. The number of likely N-dealkylation sites (tertiary alicyclic amines) is 1. The monoisotopic (exact) mass is 350 g/mol. The second-order valence-corrected chi connectivity index (χ2v) is 7.03. The van der Waals surface area contributed by atoms with Crippen LogP contribution >= 0.6 is 0 Å². The van der Waals surface area contributed by atoms with E-state index in [0.29, 0.717) is 17.9 Å². The topological polar surface area (TPSA) is 56.5 Å². The van der Waals surface area contributed by atoms with Crippen LogP contribution in [0.15, 0.2) is 54.6 Å². The van der Waals surface area contributed by atoms with Gasteiger partial charge in [0.05, 0.1) is 11.6 Å². The normalized spacial score (nSPS) is 16.8. The Labute approximate surface area is 155 Å². The Hall–Kier alpha value is -2.35. The largest absolute Gasteiger partial charge is 0.491 e. The number of hydrogen-bond acceptors (Lipinski definition) is 4. The van der Waals surface area contributed by atoms with Gasteiger partial charge < -0.3 is 14.7 Å². The van der Waals surface area contributed by atoms with Crippen molar-refractivity contribution in [2.45, 2.75) is 25.4 Å². The molecule has 0 aromatic heterocycles. The zero-order valence-electron chi connectivity index (χ0n) is 15.1. The first-order chi connectivity index (χ1) is 12.7. The number of piperidine rings is 1. The van der Waals surface area contributed by atoms with Gasteiger partial charge in [0.15, 0.2) is 0 Å². The number of β-amino-alcohol motifs (C(OH)–C–C–N with tert-alkyl or cyclic N) is 1. The third-order valence-electron chi connectivity index (χ3n) is 4.97. The van der Waals surface area contributed by atoms with E-state index in [-0.39, 0.29) is 6.61 Å². The fraction of sp³-hybridized carbons (Fsp3) is 0.409. The lowest BCUT2D eigenvalue weighted by Gasteiger charge is -2.33. The van der Waals surface area contributed by atoms with Crippen LogP contribution in [0.1, 0.15) is 24.0 Å². The summed E-state index contributed by atoms with van der Waals surface area (Å²) in [5.41, 5.74) is 2.03. The first-order valence-corrected chi connectivity index (χ1v) is 9.30. The Morgan fingerprint density at radius 1 is 1.08 bits per heavy atom. The van der Waals surface area contributed by atoms with Crippen molar-refractivity contribution in [3.8, 4) is 11.8 Å². The van der Waals surface area contributed by atoms with Gasteiger partial charge in [-0.2, -0.15) is 5.26 Å². The molecule has 4 heteroatoms. The fourth-order valence-electron chi connectivity index (χ4n) is 3.49. The lowest BCUT2D eigenvalue weighted by atomic mass is 9.90. The molecule has 0 spiro atoms. The third-order valence-corrected chi connectivity index (χ3v) is 4.97. The molecule has 0 saturated carbocycles. The van der Waals surface area contributed by atoms with E-state index < -0.39 is 6.10 Å². The molecule has 136 valence electrons. The predicted octanol–water partition coefficient (Wildman–Crippen LogP) is 3.25. The van der Waals surface area contributed by atoms with Gasteiger partial charge in [0.2, 0.25) is 0 Å². The van der Waals surface area contributed by atoms with Gasteiger partial charge in [-0.15, -0.1) is 0 Å². The van der Waals surface area contributed by atoms with Crippen molar-refractivity contribution >= 4 is 0 Å². The van der Waals surface area contributed by atoms with Crippen LogP contribution in [0.5, 0.6) is 5.75 Å². The summed E-state index contributed by atoms with van der Waals surface area (Å²) in [7, 11) is 0. The summed E-state index contributed by atoms with van der Waals surface area (Å²) < 4.78 is 5.62. The highest BCUT2D eigenvalue weighted by molar-refractivity contribution is 5.34. The van der Waals surface area contributed by atoms with Gasteiger partial charge in [-0.1, -0.05) is 30.3 Å². The molecule has 1 saturated heterocycles. The second-order valence-electron chi connectivity index (χ2n) is 7.03. The molecule has 0 aliphatic carbocycles. The Morgan fingerprint density at radius 3 is 2.42 bits per heavy atom.